The molecule has 0 atom stereocenters. The SMILES string of the molecule is CCc1ccc(N(C)Cc2ccc(C(=O)NN)s2)cc1. The largest absolute Gasteiger partial charge is 0.369 e. The standard InChI is InChI=1S/C15H19N3OS/c1-3-11-4-6-12(7-5-11)18(2)10-13-8-9-14(20-13)15(19)17-16/h4-9H,3,10,16H2,1-2H3,(H,17,19). The number of carbonyl (C=O) groups is 1. The van der Waals surface area contributed by atoms with E-state index >= 15 is 0 Å². The molecule has 0 aliphatic rings. The number of rotatable bonds is 5. The maximum absolute atomic E-state index is 11.4. The summed E-state index contributed by atoms with van der Waals surface area (Å²) < 4.78 is 0. The van der Waals surface area contributed by atoms with Gasteiger partial charge in [0.2, 0.25) is 0 Å². The van der Waals surface area contributed by atoms with Crippen LogP contribution in [-0.2, 0) is 13.0 Å². The molecule has 0 radical (unpaired) electrons. The summed E-state index contributed by atoms with van der Waals surface area (Å²) >= 11 is 1.46. The van der Waals surface area contributed by atoms with Crippen molar-refractivity contribution in [2.75, 3.05) is 11.9 Å². The molecule has 2 aromatic rings. The second-order valence-electron chi connectivity index (χ2n) is 4.62. The summed E-state index contributed by atoms with van der Waals surface area (Å²) in [5, 5.41) is 0. The van der Waals surface area contributed by atoms with Gasteiger partial charge in [-0.25, -0.2) is 5.84 Å². The number of anilines is 1. The molecule has 0 aliphatic carbocycles. The lowest BCUT2D eigenvalue weighted by Gasteiger charge is -2.18. The first kappa shape index (κ1) is 14.6. The van der Waals surface area contributed by atoms with Crippen LogP contribution in [0.1, 0.15) is 27.0 Å². The van der Waals surface area contributed by atoms with Gasteiger partial charge in [-0.05, 0) is 36.2 Å². The number of amides is 1. The number of benzene rings is 1. The minimum atomic E-state index is -0.240. The molecular weight excluding hydrogens is 270 g/mol. The fourth-order valence-corrected chi connectivity index (χ4v) is 2.93. The van der Waals surface area contributed by atoms with Crippen LogP contribution in [0.4, 0.5) is 5.69 Å². The van der Waals surface area contributed by atoms with E-state index in [1.165, 1.54) is 22.6 Å². The number of carbonyl (C=O) groups excluding carboxylic acids is 1. The Hall–Kier alpha value is -1.85. The minimum Gasteiger partial charge on any atom is -0.369 e. The summed E-state index contributed by atoms with van der Waals surface area (Å²) in [6.07, 6.45) is 1.05. The van der Waals surface area contributed by atoms with Crippen LogP contribution in [0.5, 0.6) is 0 Å². The number of thiophene rings is 1. The molecule has 5 heteroatoms. The molecule has 1 aromatic carbocycles. The lowest BCUT2D eigenvalue weighted by molar-refractivity contribution is 0.0957. The second-order valence-corrected chi connectivity index (χ2v) is 5.78. The predicted molar refractivity (Wildman–Crippen MR) is 83.9 cm³/mol. The average Bonchev–Trinajstić information content (AvgIpc) is 2.95. The highest BCUT2D eigenvalue weighted by Crippen LogP contribution is 2.21. The normalized spacial score (nSPS) is 10.3. The van der Waals surface area contributed by atoms with Crippen LogP contribution >= 0.6 is 11.3 Å². The predicted octanol–water partition coefficient (Wildman–Crippen LogP) is 2.55. The number of aryl methyl sites for hydroxylation is 1. The highest BCUT2D eigenvalue weighted by Gasteiger charge is 2.09. The molecule has 20 heavy (non-hydrogen) atoms. The Labute approximate surface area is 123 Å². The van der Waals surface area contributed by atoms with E-state index in [0.29, 0.717) is 4.88 Å². The van der Waals surface area contributed by atoms with Crippen LogP contribution in [0.3, 0.4) is 0 Å². The van der Waals surface area contributed by atoms with Gasteiger partial charge in [-0.15, -0.1) is 11.3 Å². The number of hydrogen-bond donors (Lipinski definition) is 2. The fourth-order valence-electron chi connectivity index (χ4n) is 1.97. The molecular formula is C15H19N3OS. The summed E-state index contributed by atoms with van der Waals surface area (Å²) in [5.41, 5.74) is 4.65. The van der Waals surface area contributed by atoms with Crippen molar-refractivity contribution < 1.29 is 4.79 Å². The molecule has 1 amide bonds. The maximum Gasteiger partial charge on any atom is 0.275 e. The van der Waals surface area contributed by atoms with Crippen molar-refractivity contribution in [3.63, 3.8) is 0 Å². The highest BCUT2D eigenvalue weighted by atomic mass is 32.1. The molecule has 1 aromatic heterocycles. The van der Waals surface area contributed by atoms with Crippen LogP contribution in [-0.4, -0.2) is 13.0 Å². The zero-order chi connectivity index (χ0) is 14.5. The highest BCUT2D eigenvalue weighted by molar-refractivity contribution is 7.14. The Balaban J connectivity index is 2.04. The first-order valence-electron chi connectivity index (χ1n) is 6.53. The van der Waals surface area contributed by atoms with Gasteiger partial charge >= 0.3 is 0 Å². The maximum atomic E-state index is 11.4. The van der Waals surface area contributed by atoms with Gasteiger partial charge in [-0.1, -0.05) is 19.1 Å². The van der Waals surface area contributed by atoms with Crippen LogP contribution < -0.4 is 16.2 Å². The molecule has 0 spiro atoms. The lowest BCUT2D eigenvalue weighted by Crippen LogP contribution is -2.29. The van der Waals surface area contributed by atoms with Crippen LogP contribution in [0.25, 0.3) is 0 Å². The van der Waals surface area contributed by atoms with Gasteiger partial charge in [0, 0.05) is 17.6 Å². The van der Waals surface area contributed by atoms with Crippen molar-refractivity contribution in [3.8, 4) is 0 Å². The van der Waals surface area contributed by atoms with Crippen LogP contribution in [0, 0.1) is 0 Å². The first-order chi connectivity index (χ1) is 9.63. The molecule has 1 heterocycles. The summed E-state index contributed by atoms with van der Waals surface area (Å²) in [6, 6.07) is 12.3. The van der Waals surface area contributed by atoms with Gasteiger partial charge in [-0.3, -0.25) is 10.2 Å². The quantitative estimate of drug-likeness (QED) is 0.505. The number of hydrazine groups is 1. The molecule has 0 aliphatic heterocycles. The van der Waals surface area contributed by atoms with Crippen molar-refractivity contribution in [3.05, 3.63) is 51.7 Å². The number of nitrogens with one attached hydrogen (secondary N) is 1. The monoisotopic (exact) mass is 289 g/mol. The van der Waals surface area contributed by atoms with Crippen molar-refractivity contribution in [2.24, 2.45) is 5.84 Å². The topological polar surface area (TPSA) is 58.4 Å². The van der Waals surface area contributed by atoms with Crippen LogP contribution in [0.15, 0.2) is 36.4 Å². The molecule has 106 valence electrons. The number of nitrogens with two attached hydrogens (primary N) is 1. The Morgan fingerprint density at radius 3 is 2.55 bits per heavy atom. The molecule has 0 unspecified atom stereocenters. The molecule has 0 saturated heterocycles. The third-order valence-corrected chi connectivity index (χ3v) is 4.26. The number of hydrogen-bond acceptors (Lipinski definition) is 4. The van der Waals surface area contributed by atoms with Gasteiger partial charge < -0.3 is 4.90 Å². The van der Waals surface area contributed by atoms with E-state index in [4.69, 9.17) is 5.84 Å². The molecule has 0 fully saturated rings. The van der Waals surface area contributed by atoms with E-state index in [2.05, 4.69) is 41.5 Å². The van der Waals surface area contributed by atoms with Crippen molar-refractivity contribution in [2.45, 2.75) is 19.9 Å². The van der Waals surface area contributed by atoms with E-state index < -0.39 is 0 Å². The molecule has 3 N–H and O–H groups in total. The Kier molecular flexibility index (Phi) is 4.76. The number of nitrogen functional groups attached to an aromatic ring is 1. The Bertz CT molecular complexity index is 577. The van der Waals surface area contributed by atoms with Gasteiger partial charge in [0.05, 0.1) is 11.4 Å². The van der Waals surface area contributed by atoms with Gasteiger partial charge in [0.1, 0.15) is 0 Å². The summed E-state index contributed by atoms with van der Waals surface area (Å²) in [7, 11) is 2.04. The summed E-state index contributed by atoms with van der Waals surface area (Å²) in [4.78, 5) is 15.3. The third-order valence-electron chi connectivity index (χ3n) is 3.19. The van der Waals surface area contributed by atoms with Crippen molar-refractivity contribution >= 4 is 22.9 Å². The van der Waals surface area contributed by atoms with Crippen molar-refractivity contribution in [1.82, 2.24) is 5.43 Å². The third kappa shape index (κ3) is 3.37. The molecule has 4 nitrogen and oxygen atoms in total. The second kappa shape index (κ2) is 6.54. The minimum absolute atomic E-state index is 0.240. The Morgan fingerprint density at radius 2 is 1.95 bits per heavy atom. The van der Waals surface area contributed by atoms with Gasteiger partial charge in [0.25, 0.3) is 5.91 Å². The fraction of sp³-hybridized carbons (Fsp3) is 0.267. The number of nitrogens with zero attached hydrogens (tertiary/aromatic N) is 1. The molecule has 0 bridgehead atoms. The van der Waals surface area contributed by atoms with Crippen LogP contribution in [0.2, 0.25) is 0 Å². The lowest BCUT2D eigenvalue weighted by atomic mass is 10.1. The summed E-state index contributed by atoms with van der Waals surface area (Å²) in [6.45, 7) is 2.92. The average molecular weight is 289 g/mol. The first-order valence-corrected chi connectivity index (χ1v) is 7.35. The zero-order valence-corrected chi connectivity index (χ0v) is 12.5. The molecule has 0 saturated carbocycles. The Morgan fingerprint density at radius 1 is 1.25 bits per heavy atom. The van der Waals surface area contributed by atoms with E-state index in [-0.39, 0.29) is 5.91 Å². The van der Waals surface area contributed by atoms with Crippen molar-refractivity contribution in [1.29, 1.82) is 0 Å². The smallest absolute Gasteiger partial charge is 0.275 e. The zero-order valence-electron chi connectivity index (χ0n) is 11.7. The summed E-state index contributed by atoms with van der Waals surface area (Å²) in [5.74, 6) is 4.89. The van der Waals surface area contributed by atoms with E-state index in [1.54, 1.807) is 6.07 Å². The van der Waals surface area contributed by atoms with Gasteiger partial charge in [-0.2, -0.15) is 0 Å². The van der Waals surface area contributed by atoms with Gasteiger partial charge in [0.15, 0.2) is 0 Å². The van der Waals surface area contributed by atoms with E-state index in [0.717, 1.165) is 17.8 Å². The van der Waals surface area contributed by atoms with E-state index in [1.807, 2.05) is 13.1 Å². The van der Waals surface area contributed by atoms with E-state index in [9.17, 15) is 4.79 Å². The molecule has 2 rings (SSSR count).